The molecular weight excluding hydrogens is 340 g/mol. The lowest BCUT2D eigenvalue weighted by molar-refractivity contribution is 0.389. The van der Waals surface area contributed by atoms with Gasteiger partial charge in [0.15, 0.2) is 5.94 Å². The van der Waals surface area contributed by atoms with Crippen molar-refractivity contribution < 1.29 is 13.2 Å². The van der Waals surface area contributed by atoms with Gasteiger partial charge in [-0.25, -0.2) is 18.4 Å². The van der Waals surface area contributed by atoms with E-state index in [4.69, 9.17) is 4.74 Å². The molecule has 25 heavy (non-hydrogen) atoms. The number of benzene rings is 1. The number of hydrogen-bond donors (Lipinski definition) is 2. The first-order valence-corrected chi connectivity index (χ1v) is 9.65. The van der Waals surface area contributed by atoms with Gasteiger partial charge in [-0.1, -0.05) is 19.9 Å². The van der Waals surface area contributed by atoms with Crippen LogP contribution < -0.4 is 10.1 Å². The molecule has 2 N–H and O–H groups in total. The van der Waals surface area contributed by atoms with E-state index in [-0.39, 0.29) is 22.8 Å². The maximum Gasteiger partial charge on any atom is 0.216 e. The van der Waals surface area contributed by atoms with E-state index in [2.05, 4.69) is 34.1 Å². The van der Waals surface area contributed by atoms with Crippen LogP contribution in [0.1, 0.15) is 25.5 Å². The third kappa shape index (κ3) is 2.72. The van der Waals surface area contributed by atoms with Crippen LogP contribution >= 0.6 is 0 Å². The quantitative estimate of drug-likeness (QED) is 0.744. The molecule has 7 nitrogen and oxygen atoms in total. The summed E-state index contributed by atoms with van der Waals surface area (Å²) in [6, 6.07) is 7.13. The van der Waals surface area contributed by atoms with E-state index in [1.807, 2.05) is 18.3 Å². The Labute approximate surface area is 145 Å². The largest absolute Gasteiger partial charge is 0.476 e. The Morgan fingerprint density at radius 2 is 2.08 bits per heavy atom. The molecule has 0 radical (unpaired) electrons. The number of ether oxygens (including phenoxy) is 1. The highest BCUT2D eigenvalue weighted by Crippen LogP contribution is 2.36. The molecule has 1 aliphatic rings. The van der Waals surface area contributed by atoms with Crippen LogP contribution in [0.3, 0.4) is 0 Å². The van der Waals surface area contributed by atoms with Crippen molar-refractivity contribution in [3.8, 4) is 5.75 Å². The summed E-state index contributed by atoms with van der Waals surface area (Å²) < 4.78 is 29.5. The van der Waals surface area contributed by atoms with E-state index in [0.717, 1.165) is 16.6 Å². The molecular formula is C17H18N4O3S. The monoisotopic (exact) mass is 358 g/mol. The summed E-state index contributed by atoms with van der Waals surface area (Å²) >= 11 is 0. The van der Waals surface area contributed by atoms with E-state index in [0.29, 0.717) is 11.6 Å². The van der Waals surface area contributed by atoms with E-state index in [1.165, 1.54) is 6.33 Å². The van der Waals surface area contributed by atoms with Gasteiger partial charge in [-0.15, -0.1) is 0 Å². The lowest BCUT2D eigenvalue weighted by Gasteiger charge is -2.24. The predicted octanol–water partition coefficient (Wildman–Crippen LogP) is 2.89. The van der Waals surface area contributed by atoms with Gasteiger partial charge in [0, 0.05) is 6.20 Å². The maximum absolute atomic E-state index is 12.1. The van der Waals surface area contributed by atoms with Crippen LogP contribution in [0.15, 0.2) is 41.7 Å². The average molecular weight is 358 g/mol. The normalized spacial score (nSPS) is 16.6. The van der Waals surface area contributed by atoms with Crippen LogP contribution in [0, 0.1) is 5.92 Å². The summed E-state index contributed by atoms with van der Waals surface area (Å²) in [6.45, 7) is 4.15. The number of aromatic nitrogens is 3. The molecule has 0 amide bonds. The summed E-state index contributed by atoms with van der Waals surface area (Å²) in [5.41, 5.74) is 1.63. The average Bonchev–Trinajstić information content (AvgIpc) is 3.17. The van der Waals surface area contributed by atoms with Crippen LogP contribution in [0.5, 0.6) is 5.75 Å². The van der Waals surface area contributed by atoms with E-state index in [9.17, 15) is 8.42 Å². The summed E-state index contributed by atoms with van der Waals surface area (Å²) in [7, 11) is -3.37. The van der Waals surface area contributed by atoms with Crippen LogP contribution in [-0.4, -0.2) is 29.3 Å². The third-order valence-corrected chi connectivity index (χ3v) is 5.76. The van der Waals surface area contributed by atoms with Crippen molar-refractivity contribution in [2.75, 3.05) is 11.3 Å². The zero-order valence-corrected chi connectivity index (χ0v) is 14.7. The number of hydrogen-bond acceptors (Lipinski definition) is 6. The third-order valence-electron chi connectivity index (χ3n) is 4.34. The standard InChI is InChI=1S/C17H18N4O3S/c1-10(2)15(21-17-12-5-6-18-16(12)19-8-20-17)11-3-4-13-14(7-11)25(22,23)9-24-13/h3-8,10,15H,9H2,1-2H3,(H2,18,19,20,21)/t15-/m1/s1. The summed E-state index contributed by atoms with van der Waals surface area (Å²) in [5, 5.41) is 4.33. The first-order valence-electron chi connectivity index (χ1n) is 8.00. The van der Waals surface area contributed by atoms with Crippen LogP contribution in [0.2, 0.25) is 0 Å². The minimum Gasteiger partial charge on any atom is -0.476 e. The van der Waals surface area contributed by atoms with Crippen molar-refractivity contribution in [3.63, 3.8) is 0 Å². The molecule has 2 aromatic heterocycles. The number of H-pyrrole nitrogens is 1. The Kier molecular flexibility index (Phi) is 3.64. The SMILES string of the molecule is CC(C)[C@@H](Nc1ncnc2[nH]ccc12)c1ccc2c(c1)S(=O)(=O)CO2. The topological polar surface area (TPSA) is 97.0 Å². The zero-order chi connectivity index (χ0) is 17.6. The molecule has 0 spiro atoms. The molecule has 3 aromatic rings. The number of anilines is 1. The van der Waals surface area contributed by atoms with E-state index < -0.39 is 9.84 Å². The van der Waals surface area contributed by atoms with E-state index >= 15 is 0 Å². The molecule has 1 atom stereocenters. The Balaban J connectivity index is 1.75. The van der Waals surface area contributed by atoms with Gasteiger partial charge in [-0.05, 0) is 29.7 Å². The molecule has 1 aliphatic heterocycles. The summed E-state index contributed by atoms with van der Waals surface area (Å²) in [4.78, 5) is 11.8. The molecule has 0 unspecified atom stereocenters. The van der Waals surface area contributed by atoms with Crippen LogP contribution in [-0.2, 0) is 9.84 Å². The first-order chi connectivity index (χ1) is 12.0. The van der Waals surface area contributed by atoms with Gasteiger partial charge in [0.2, 0.25) is 9.84 Å². The summed E-state index contributed by atoms with van der Waals surface area (Å²) in [5.74, 6) is 1.06. The molecule has 0 saturated heterocycles. The van der Waals surface area contributed by atoms with Gasteiger partial charge in [0.25, 0.3) is 0 Å². The zero-order valence-electron chi connectivity index (χ0n) is 13.9. The van der Waals surface area contributed by atoms with Crippen molar-refractivity contribution in [2.24, 2.45) is 5.92 Å². The number of sulfone groups is 1. The number of fused-ring (bicyclic) bond motifs is 2. The van der Waals surface area contributed by atoms with Crippen LogP contribution in [0.25, 0.3) is 11.0 Å². The smallest absolute Gasteiger partial charge is 0.216 e. The molecule has 0 fully saturated rings. The molecule has 130 valence electrons. The highest BCUT2D eigenvalue weighted by Gasteiger charge is 2.30. The molecule has 0 saturated carbocycles. The van der Waals surface area contributed by atoms with E-state index in [1.54, 1.807) is 12.1 Å². The number of aromatic amines is 1. The number of nitrogens with one attached hydrogen (secondary N) is 2. The second-order valence-electron chi connectivity index (χ2n) is 6.41. The van der Waals surface area contributed by atoms with Gasteiger partial charge in [0.1, 0.15) is 28.4 Å². The molecule has 3 heterocycles. The van der Waals surface area contributed by atoms with Gasteiger partial charge in [0.05, 0.1) is 11.4 Å². The molecule has 0 aliphatic carbocycles. The molecule has 0 bridgehead atoms. The molecule has 4 rings (SSSR count). The highest BCUT2D eigenvalue weighted by atomic mass is 32.2. The van der Waals surface area contributed by atoms with Gasteiger partial charge < -0.3 is 15.0 Å². The lowest BCUT2D eigenvalue weighted by atomic mass is 9.96. The van der Waals surface area contributed by atoms with Gasteiger partial charge in [-0.2, -0.15) is 0 Å². The Morgan fingerprint density at radius 1 is 1.24 bits per heavy atom. The Hall–Kier alpha value is -2.61. The minimum absolute atomic E-state index is 0.103. The van der Waals surface area contributed by atoms with Crippen molar-refractivity contribution in [1.29, 1.82) is 0 Å². The lowest BCUT2D eigenvalue weighted by Crippen LogP contribution is -2.18. The second kappa shape index (κ2) is 5.73. The fourth-order valence-corrected chi connectivity index (χ4v) is 4.21. The fourth-order valence-electron chi connectivity index (χ4n) is 3.05. The van der Waals surface area contributed by atoms with Crippen molar-refractivity contribution in [1.82, 2.24) is 15.0 Å². The second-order valence-corrected chi connectivity index (χ2v) is 8.32. The molecule has 8 heteroatoms. The first kappa shape index (κ1) is 15.9. The molecule has 1 aromatic carbocycles. The van der Waals surface area contributed by atoms with Gasteiger partial charge in [-0.3, -0.25) is 0 Å². The highest BCUT2D eigenvalue weighted by molar-refractivity contribution is 7.91. The number of rotatable bonds is 4. The Bertz CT molecular complexity index is 1040. The van der Waals surface area contributed by atoms with Crippen molar-refractivity contribution >= 4 is 26.7 Å². The Morgan fingerprint density at radius 3 is 2.88 bits per heavy atom. The summed E-state index contributed by atoms with van der Waals surface area (Å²) in [6.07, 6.45) is 3.31. The van der Waals surface area contributed by atoms with Crippen molar-refractivity contribution in [3.05, 3.63) is 42.4 Å². The van der Waals surface area contributed by atoms with Crippen molar-refractivity contribution in [2.45, 2.75) is 24.8 Å². The maximum atomic E-state index is 12.1. The fraction of sp³-hybridized carbons (Fsp3) is 0.294. The number of nitrogens with zero attached hydrogens (tertiary/aromatic N) is 2. The van der Waals surface area contributed by atoms with Gasteiger partial charge >= 0.3 is 0 Å². The van der Waals surface area contributed by atoms with Crippen LogP contribution in [0.4, 0.5) is 5.82 Å². The minimum atomic E-state index is -3.37. The predicted molar refractivity (Wildman–Crippen MR) is 94.2 cm³/mol.